The summed E-state index contributed by atoms with van der Waals surface area (Å²) < 4.78 is 40.5. The Hall–Kier alpha value is -2.33. The molecule has 2 aromatic heterocycles. The molecule has 0 radical (unpaired) electrons. The van der Waals surface area contributed by atoms with Crippen molar-refractivity contribution in [3.8, 4) is 17.1 Å². The molecule has 23 heavy (non-hydrogen) atoms. The molecule has 0 unspecified atom stereocenters. The summed E-state index contributed by atoms with van der Waals surface area (Å²) in [5.74, 6) is -0.126. The Bertz CT molecular complexity index is 902. The van der Waals surface area contributed by atoms with E-state index in [0.717, 1.165) is 10.9 Å². The Labute approximate surface area is 136 Å². The molecule has 0 spiro atoms. The standard InChI is InChI=1S/C12H6ClF3N6S/c13-6-1-3-7(4-2-6)22-10(19-20-21-22)8-5-17-11(23)18-9(8)12(14,15)16/h1-5H,(H,17,18,23). The van der Waals surface area contributed by atoms with Crippen LogP contribution in [0.5, 0.6) is 0 Å². The van der Waals surface area contributed by atoms with E-state index < -0.39 is 11.9 Å². The second-order valence-corrected chi connectivity index (χ2v) is 5.19. The fourth-order valence-electron chi connectivity index (χ4n) is 1.90. The van der Waals surface area contributed by atoms with Crippen LogP contribution in [0.4, 0.5) is 13.2 Å². The number of H-pyrrole nitrogens is 1. The van der Waals surface area contributed by atoms with Crippen LogP contribution in [0.25, 0.3) is 17.1 Å². The summed E-state index contributed by atoms with van der Waals surface area (Å²) in [7, 11) is 0. The number of nitrogens with zero attached hydrogens (tertiary/aromatic N) is 5. The molecule has 1 aromatic carbocycles. The Kier molecular flexibility index (Phi) is 3.86. The highest BCUT2D eigenvalue weighted by Gasteiger charge is 2.36. The summed E-state index contributed by atoms with van der Waals surface area (Å²) in [5, 5.41) is 11.3. The third kappa shape index (κ3) is 3.08. The van der Waals surface area contributed by atoms with Crippen molar-refractivity contribution in [1.82, 2.24) is 30.2 Å². The summed E-state index contributed by atoms with van der Waals surface area (Å²) in [4.78, 5) is 5.73. The number of nitrogens with one attached hydrogen (secondary N) is 1. The summed E-state index contributed by atoms with van der Waals surface area (Å²) >= 11 is 10.5. The molecule has 118 valence electrons. The van der Waals surface area contributed by atoms with Gasteiger partial charge in [-0.3, -0.25) is 0 Å². The van der Waals surface area contributed by atoms with Gasteiger partial charge in [-0.25, -0.2) is 4.98 Å². The molecular weight excluding hydrogens is 353 g/mol. The van der Waals surface area contributed by atoms with Crippen molar-refractivity contribution in [2.45, 2.75) is 6.18 Å². The van der Waals surface area contributed by atoms with Gasteiger partial charge in [0, 0.05) is 11.2 Å². The summed E-state index contributed by atoms with van der Waals surface area (Å²) in [6.07, 6.45) is -3.68. The van der Waals surface area contributed by atoms with Crippen LogP contribution in [0.1, 0.15) is 5.69 Å². The van der Waals surface area contributed by atoms with Gasteiger partial charge in [-0.2, -0.15) is 17.9 Å². The highest BCUT2D eigenvalue weighted by molar-refractivity contribution is 7.71. The lowest BCUT2D eigenvalue weighted by atomic mass is 10.2. The van der Waals surface area contributed by atoms with Crippen LogP contribution < -0.4 is 0 Å². The molecule has 11 heteroatoms. The quantitative estimate of drug-likeness (QED) is 0.710. The minimum Gasteiger partial charge on any atom is -0.326 e. The molecule has 1 N–H and O–H groups in total. The predicted octanol–water partition coefficient (Wildman–Crippen LogP) is 3.45. The van der Waals surface area contributed by atoms with Gasteiger partial charge in [0.1, 0.15) is 5.69 Å². The first-order valence-corrected chi connectivity index (χ1v) is 6.86. The first-order chi connectivity index (χ1) is 10.9. The van der Waals surface area contributed by atoms with E-state index in [1.165, 1.54) is 0 Å². The summed E-state index contributed by atoms with van der Waals surface area (Å²) in [6.45, 7) is 0. The minimum absolute atomic E-state index is 0.126. The molecule has 0 atom stereocenters. The highest BCUT2D eigenvalue weighted by Crippen LogP contribution is 2.34. The summed E-state index contributed by atoms with van der Waals surface area (Å²) in [6, 6.07) is 6.30. The summed E-state index contributed by atoms with van der Waals surface area (Å²) in [5.41, 5.74) is -0.932. The second-order valence-electron chi connectivity index (χ2n) is 4.37. The number of benzene rings is 1. The maximum atomic E-state index is 13.2. The van der Waals surface area contributed by atoms with Gasteiger partial charge in [-0.15, -0.1) is 5.10 Å². The molecule has 3 rings (SSSR count). The van der Waals surface area contributed by atoms with Crippen LogP contribution in [-0.4, -0.2) is 30.2 Å². The number of hydrogen-bond donors (Lipinski definition) is 1. The molecule has 2 heterocycles. The smallest absolute Gasteiger partial charge is 0.326 e. The Balaban J connectivity index is 2.20. The van der Waals surface area contributed by atoms with Gasteiger partial charge in [0.15, 0.2) is 10.6 Å². The topological polar surface area (TPSA) is 72.3 Å². The normalized spacial score (nSPS) is 11.7. The average molecular weight is 359 g/mol. The van der Waals surface area contributed by atoms with Gasteiger partial charge in [0.2, 0.25) is 0 Å². The van der Waals surface area contributed by atoms with E-state index in [9.17, 15) is 13.2 Å². The molecule has 0 aliphatic rings. The molecule has 0 aliphatic carbocycles. The molecule has 6 nitrogen and oxygen atoms in total. The number of rotatable bonds is 2. The van der Waals surface area contributed by atoms with Gasteiger partial charge in [-0.1, -0.05) is 11.6 Å². The third-order valence-electron chi connectivity index (χ3n) is 2.88. The third-order valence-corrected chi connectivity index (χ3v) is 3.34. The molecule has 0 saturated carbocycles. The number of halogens is 4. The molecule has 0 aliphatic heterocycles. The van der Waals surface area contributed by atoms with Crippen molar-refractivity contribution < 1.29 is 13.2 Å². The van der Waals surface area contributed by atoms with Crippen molar-refractivity contribution in [1.29, 1.82) is 0 Å². The maximum absolute atomic E-state index is 13.2. The largest absolute Gasteiger partial charge is 0.432 e. The zero-order valence-electron chi connectivity index (χ0n) is 11.0. The zero-order valence-corrected chi connectivity index (χ0v) is 12.6. The Morgan fingerprint density at radius 2 is 1.87 bits per heavy atom. The SMILES string of the molecule is FC(F)(F)c1[nH]c(=S)ncc1-c1nnnn1-c1ccc(Cl)cc1. The van der Waals surface area contributed by atoms with Gasteiger partial charge >= 0.3 is 6.18 Å². The van der Waals surface area contributed by atoms with Crippen molar-refractivity contribution in [2.24, 2.45) is 0 Å². The molecule has 0 amide bonds. The number of hydrogen-bond acceptors (Lipinski definition) is 5. The molecular formula is C12H6ClF3N6S. The molecule has 0 fully saturated rings. The fraction of sp³-hybridized carbons (Fsp3) is 0.0833. The van der Waals surface area contributed by atoms with Gasteiger partial charge in [-0.05, 0) is 46.9 Å². The van der Waals surface area contributed by atoms with Crippen LogP contribution in [0.3, 0.4) is 0 Å². The van der Waals surface area contributed by atoms with Crippen LogP contribution in [-0.2, 0) is 6.18 Å². The lowest BCUT2D eigenvalue weighted by Crippen LogP contribution is -2.13. The van der Waals surface area contributed by atoms with Crippen LogP contribution in [0.15, 0.2) is 30.5 Å². The maximum Gasteiger partial charge on any atom is 0.432 e. The first-order valence-electron chi connectivity index (χ1n) is 6.07. The fourth-order valence-corrected chi connectivity index (χ4v) is 2.18. The predicted molar refractivity (Wildman–Crippen MR) is 77.6 cm³/mol. The van der Waals surface area contributed by atoms with E-state index in [-0.39, 0.29) is 16.2 Å². The van der Waals surface area contributed by atoms with E-state index in [2.05, 4.69) is 32.7 Å². The monoisotopic (exact) mass is 358 g/mol. The lowest BCUT2D eigenvalue weighted by Gasteiger charge is -2.11. The van der Waals surface area contributed by atoms with Crippen LogP contribution in [0.2, 0.25) is 5.02 Å². The average Bonchev–Trinajstić information content (AvgIpc) is 2.96. The van der Waals surface area contributed by atoms with Gasteiger partial charge in [0.25, 0.3) is 0 Å². The molecule has 0 bridgehead atoms. The first kappa shape index (κ1) is 15.6. The van der Waals surface area contributed by atoms with E-state index in [4.69, 9.17) is 11.6 Å². The van der Waals surface area contributed by atoms with E-state index >= 15 is 0 Å². The molecule has 0 saturated heterocycles. The van der Waals surface area contributed by atoms with Gasteiger partial charge in [0.05, 0.1) is 11.3 Å². The minimum atomic E-state index is -4.66. The van der Waals surface area contributed by atoms with Crippen LogP contribution in [0, 0.1) is 4.77 Å². The number of tetrazole rings is 1. The number of alkyl halides is 3. The molecule has 3 aromatic rings. The number of aromatic nitrogens is 6. The van der Waals surface area contributed by atoms with Crippen molar-refractivity contribution >= 4 is 23.8 Å². The van der Waals surface area contributed by atoms with E-state index in [1.807, 2.05) is 4.98 Å². The van der Waals surface area contributed by atoms with Crippen molar-refractivity contribution in [3.63, 3.8) is 0 Å². The Morgan fingerprint density at radius 3 is 2.52 bits per heavy atom. The second kappa shape index (κ2) is 5.70. The van der Waals surface area contributed by atoms with E-state index in [1.54, 1.807) is 24.3 Å². The lowest BCUT2D eigenvalue weighted by molar-refractivity contribution is -0.140. The van der Waals surface area contributed by atoms with Gasteiger partial charge < -0.3 is 4.98 Å². The van der Waals surface area contributed by atoms with Crippen LogP contribution >= 0.6 is 23.8 Å². The Morgan fingerprint density at radius 1 is 1.17 bits per heavy atom. The van der Waals surface area contributed by atoms with E-state index in [0.29, 0.717) is 10.7 Å². The van der Waals surface area contributed by atoms with Crippen molar-refractivity contribution in [3.05, 3.63) is 45.9 Å². The van der Waals surface area contributed by atoms with Crippen molar-refractivity contribution in [2.75, 3.05) is 0 Å². The highest BCUT2D eigenvalue weighted by atomic mass is 35.5. The zero-order chi connectivity index (χ0) is 16.6. The number of aromatic amines is 1.